The van der Waals surface area contributed by atoms with Crippen LogP contribution in [0.4, 0.5) is 0 Å². The fraction of sp³-hybridized carbons (Fsp3) is 0.846. The zero-order valence-electron chi connectivity index (χ0n) is 9.72. The lowest BCUT2D eigenvalue weighted by atomic mass is 9.79. The van der Waals surface area contributed by atoms with Crippen LogP contribution >= 0.6 is 11.6 Å². The van der Waals surface area contributed by atoms with Crippen LogP contribution in [0.3, 0.4) is 0 Å². The van der Waals surface area contributed by atoms with Crippen molar-refractivity contribution in [2.75, 3.05) is 0 Å². The highest BCUT2D eigenvalue weighted by Gasteiger charge is 2.19. The molecule has 0 nitrogen and oxygen atoms in total. The molecule has 3 unspecified atom stereocenters. The Kier molecular flexibility index (Phi) is 5.01. The Morgan fingerprint density at radius 1 is 1.50 bits per heavy atom. The van der Waals surface area contributed by atoms with Crippen molar-refractivity contribution in [1.29, 1.82) is 0 Å². The molecule has 1 aliphatic carbocycles. The summed E-state index contributed by atoms with van der Waals surface area (Å²) in [4.78, 5) is 0. The molecule has 14 heavy (non-hydrogen) atoms. The first-order chi connectivity index (χ1) is 6.63. The van der Waals surface area contributed by atoms with Crippen molar-refractivity contribution in [3.05, 3.63) is 11.6 Å². The highest BCUT2D eigenvalue weighted by molar-refractivity contribution is 6.22. The van der Waals surface area contributed by atoms with Gasteiger partial charge in [0.15, 0.2) is 0 Å². The average Bonchev–Trinajstić information content (AvgIpc) is 2.18. The second kappa shape index (κ2) is 5.80. The molecule has 0 aromatic heterocycles. The van der Waals surface area contributed by atoms with Crippen molar-refractivity contribution in [2.45, 2.75) is 58.3 Å². The summed E-state index contributed by atoms with van der Waals surface area (Å²) >= 11 is 6.05. The van der Waals surface area contributed by atoms with Crippen LogP contribution < -0.4 is 0 Å². The summed E-state index contributed by atoms with van der Waals surface area (Å²) in [7, 11) is 0. The number of allylic oxidation sites excluding steroid dienone is 2. The van der Waals surface area contributed by atoms with Crippen LogP contribution in [0.5, 0.6) is 0 Å². The second-order valence-corrected chi connectivity index (χ2v) is 5.38. The molecule has 1 saturated carbocycles. The maximum Gasteiger partial charge on any atom is 0.0514 e. The molecule has 0 N–H and O–H groups in total. The van der Waals surface area contributed by atoms with Gasteiger partial charge in [0, 0.05) is 0 Å². The van der Waals surface area contributed by atoms with E-state index in [0.29, 0.717) is 0 Å². The predicted molar refractivity (Wildman–Crippen MR) is 64.8 cm³/mol. The molecule has 0 aromatic rings. The van der Waals surface area contributed by atoms with Gasteiger partial charge in [-0.3, -0.25) is 0 Å². The average molecular weight is 215 g/mol. The maximum absolute atomic E-state index is 6.05. The first-order valence-corrected chi connectivity index (χ1v) is 6.39. The van der Waals surface area contributed by atoms with E-state index in [1.165, 1.54) is 37.7 Å². The molecule has 0 amide bonds. The molecule has 0 heterocycles. The third-order valence-electron chi connectivity index (χ3n) is 3.53. The fourth-order valence-electron chi connectivity index (χ4n) is 2.36. The van der Waals surface area contributed by atoms with Crippen molar-refractivity contribution < 1.29 is 0 Å². The largest absolute Gasteiger partial charge is 0.119 e. The molecule has 3 atom stereocenters. The highest BCUT2D eigenvalue weighted by Crippen LogP contribution is 2.32. The Morgan fingerprint density at radius 2 is 2.21 bits per heavy atom. The molecule has 0 aromatic carbocycles. The minimum absolute atomic E-state index is 0.206. The minimum atomic E-state index is 0.206. The highest BCUT2D eigenvalue weighted by atomic mass is 35.5. The van der Waals surface area contributed by atoms with E-state index in [1.807, 2.05) is 0 Å². The van der Waals surface area contributed by atoms with Crippen molar-refractivity contribution in [1.82, 2.24) is 0 Å². The van der Waals surface area contributed by atoms with Gasteiger partial charge in [0.25, 0.3) is 0 Å². The van der Waals surface area contributed by atoms with Crippen LogP contribution in [0.1, 0.15) is 52.9 Å². The third-order valence-corrected chi connectivity index (χ3v) is 3.87. The summed E-state index contributed by atoms with van der Waals surface area (Å²) in [6.45, 7) is 6.54. The zero-order chi connectivity index (χ0) is 10.6. The monoisotopic (exact) mass is 214 g/mol. The number of halogens is 1. The lowest BCUT2D eigenvalue weighted by Gasteiger charge is -2.27. The van der Waals surface area contributed by atoms with Gasteiger partial charge in [0.05, 0.1) is 5.38 Å². The normalized spacial score (nSPS) is 31.6. The number of rotatable bonds is 3. The molecule has 82 valence electrons. The van der Waals surface area contributed by atoms with Gasteiger partial charge in [0.2, 0.25) is 0 Å². The van der Waals surface area contributed by atoms with Gasteiger partial charge in [-0.25, -0.2) is 0 Å². The number of alkyl halides is 1. The Labute approximate surface area is 93.7 Å². The van der Waals surface area contributed by atoms with Gasteiger partial charge in [-0.05, 0) is 38.5 Å². The Hall–Kier alpha value is 0.0300. The number of hydrogen-bond donors (Lipinski definition) is 0. The molecule has 1 aliphatic rings. The van der Waals surface area contributed by atoms with Gasteiger partial charge >= 0.3 is 0 Å². The van der Waals surface area contributed by atoms with E-state index < -0.39 is 0 Å². The molecule has 0 spiro atoms. The molecule has 1 rings (SSSR count). The molecule has 1 heteroatoms. The van der Waals surface area contributed by atoms with Gasteiger partial charge in [-0.2, -0.15) is 0 Å². The van der Waals surface area contributed by atoms with Crippen LogP contribution in [0.2, 0.25) is 0 Å². The van der Waals surface area contributed by atoms with Gasteiger partial charge in [-0.1, -0.05) is 37.8 Å². The Morgan fingerprint density at radius 3 is 2.79 bits per heavy atom. The van der Waals surface area contributed by atoms with Crippen molar-refractivity contribution in [3.8, 4) is 0 Å². The molecule has 0 saturated heterocycles. The van der Waals surface area contributed by atoms with Crippen LogP contribution in [0, 0.1) is 11.8 Å². The summed E-state index contributed by atoms with van der Waals surface area (Å²) in [5.41, 5.74) is 1.36. The van der Waals surface area contributed by atoms with E-state index in [1.54, 1.807) is 0 Å². The lowest BCUT2D eigenvalue weighted by molar-refractivity contribution is 0.297. The molecular weight excluding hydrogens is 192 g/mol. The maximum atomic E-state index is 6.05. The summed E-state index contributed by atoms with van der Waals surface area (Å²) < 4.78 is 0. The topological polar surface area (TPSA) is 0 Å². The van der Waals surface area contributed by atoms with Crippen molar-refractivity contribution >= 4 is 11.6 Å². The SMILES string of the molecule is CCC1CCCC(/C=C(/C)C(C)Cl)C1. The summed E-state index contributed by atoms with van der Waals surface area (Å²) in [5.74, 6) is 1.76. The predicted octanol–water partition coefficient (Wildman–Crippen LogP) is 4.78. The fourth-order valence-corrected chi connectivity index (χ4v) is 2.43. The van der Waals surface area contributed by atoms with E-state index in [0.717, 1.165) is 11.8 Å². The summed E-state index contributed by atoms with van der Waals surface area (Å²) in [6, 6.07) is 0. The van der Waals surface area contributed by atoms with E-state index in [-0.39, 0.29) is 5.38 Å². The summed E-state index contributed by atoms with van der Waals surface area (Å²) in [6.07, 6.45) is 9.37. The van der Waals surface area contributed by atoms with Crippen molar-refractivity contribution in [2.24, 2.45) is 11.8 Å². The minimum Gasteiger partial charge on any atom is -0.119 e. The smallest absolute Gasteiger partial charge is 0.0514 e. The van der Waals surface area contributed by atoms with E-state index in [4.69, 9.17) is 11.6 Å². The lowest BCUT2D eigenvalue weighted by Crippen LogP contribution is -2.14. The van der Waals surface area contributed by atoms with Crippen molar-refractivity contribution in [3.63, 3.8) is 0 Å². The molecule has 1 fully saturated rings. The number of hydrogen-bond acceptors (Lipinski definition) is 0. The molecular formula is C13H23Cl. The van der Waals surface area contributed by atoms with Gasteiger partial charge in [-0.15, -0.1) is 11.6 Å². The van der Waals surface area contributed by atoms with Crippen LogP contribution in [0.15, 0.2) is 11.6 Å². The zero-order valence-corrected chi connectivity index (χ0v) is 10.5. The van der Waals surface area contributed by atoms with Gasteiger partial charge < -0.3 is 0 Å². The second-order valence-electron chi connectivity index (χ2n) is 4.73. The van der Waals surface area contributed by atoms with E-state index in [2.05, 4.69) is 26.8 Å². The quantitative estimate of drug-likeness (QED) is 0.469. The van der Waals surface area contributed by atoms with Gasteiger partial charge in [0.1, 0.15) is 0 Å². The standard InChI is InChI=1S/C13H23Cl/c1-4-12-6-5-7-13(9-12)8-10(2)11(3)14/h8,11-13H,4-7,9H2,1-3H3/b10-8-. The van der Waals surface area contributed by atoms with Crippen LogP contribution in [-0.2, 0) is 0 Å². The molecule has 0 bridgehead atoms. The van der Waals surface area contributed by atoms with E-state index >= 15 is 0 Å². The Bertz CT molecular complexity index is 193. The Balaban J connectivity index is 2.48. The summed E-state index contributed by atoms with van der Waals surface area (Å²) in [5, 5.41) is 0.206. The van der Waals surface area contributed by atoms with E-state index in [9.17, 15) is 0 Å². The first kappa shape index (κ1) is 12.1. The molecule has 0 radical (unpaired) electrons. The molecule has 0 aliphatic heterocycles. The first-order valence-electron chi connectivity index (χ1n) is 5.95. The third kappa shape index (κ3) is 3.65. The van der Waals surface area contributed by atoms with Crippen LogP contribution in [-0.4, -0.2) is 5.38 Å². The van der Waals surface area contributed by atoms with Crippen LogP contribution in [0.25, 0.3) is 0 Å².